The van der Waals surface area contributed by atoms with Crippen LogP contribution in [0.1, 0.15) is 0 Å². The average Bonchev–Trinajstić information content (AvgIpc) is 2.78. The molecule has 21 heavy (non-hydrogen) atoms. The number of halogens is 1. The van der Waals surface area contributed by atoms with Crippen LogP contribution in [-0.4, -0.2) is 19.5 Å². The van der Waals surface area contributed by atoms with Gasteiger partial charge in [-0.05, 0) is 30.3 Å². The maximum absolute atomic E-state index is 12.4. The van der Waals surface area contributed by atoms with Gasteiger partial charge in [0.2, 0.25) is 0 Å². The molecular formula is C14H10ClN3O3. The summed E-state index contributed by atoms with van der Waals surface area (Å²) in [6, 6.07) is 12.8. The monoisotopic (exact) mass is 303 g/mol. The standard InChI is InChI=1S/C14H10ClN3O3/c15-9-6-7-12(19)11(8-9)17-13(20)16-18(14(17)21)10-4-2-1-3-5-10/h1-8,19H,(H,16,20). The molecule has 2 aromatic carbocycles. The molecule has 0 aliphatic heterocycles. The van der Waals surface area contributed by atoms with E-state index in [4.69, 9.17) is 11.6 Å². The summed E-state index contributed by atoms with van der Waals surface area (Å²) >= 11 is 5.85. The summed E-state index contributed by atoms with van der Waals surface area (Å²) in [7, 11) is 0. The van der Waals surface area contributed by atoms with Crippen molar-refractivity contribution in [1.29, 1.82) is 0 Å². The predicted octanol–water partition coefficient (Wildman–Crippen LogP) is 1.68. The molecule has 0 bridgehead atoms. The highest BCUT2D eigenvalue weighted by Crippen LogP contribution is 2.23. The summed E-state index contributed by atoms with van der Waals surface area (Å²) in [4.78, 5) is 24.4. The quantitative estimate of drug-likeness (QED) is 0.756. The van der Waals surface area contributed by atoms with Gasteiger partial charge >= 0.3 is 11.4 Å². The van der Waals surface area contributed by atoms with Crippen molar-refractivity contribution in [2.75, 3.05) is 0 Å². The van der Waals surface area contributed by atoms with Gasteiger partial charge in [0.15, 0.2) is 0 Å². The number of nitrogens with zero attached hydrogens (tertiary/aromatic N) is 2. The summed E-state index contributed by atoms with van der Waals surface area (Å²) in [5.41, 5.74) is -0.742. The van der Waals surface area contributed by atoms with Crippen molar-refractivity contribution in [3.05, 3.63) is 74.5 Å². The van der Waals surface area contributed by atoms with Gasteiger partial charge in [-0.3, -0.25) is 0 Å². The van der Waals surface area contributed by atoms with E-state index >= 15 is 0 Å². The fraction of sp³-hybridized carbons (Fsp3) is 0. The highest BCUT2D eigenvalue weighted by atomic mass is 35.5. The van der Waals surface area contributed by atoms with Crippen molar-refractivity contribution < 1.29 is 5.11 Å². The molecule has 3 rings (SSSR count). The lowest BCUT2D eigenvalue weighted by Crippen LogP contribution is -2.26. The molecule has 7 heteroatoms. The molecular weight excluding hydrogens is 294 g/mol. The molecule has 106 valence electrons. The molecule has 0 aliphatic rings. The Morgan fingerprint density at radius 3 is 2.48 bits per heavy atom. The Labute approximate surface area is 123 Å². The number of H-pyrrole nitrogens is 1. The lowest BCUT2D eigenvalue weighted by atomic mass is 10.3. The van der Waals surface area contributed by atoms with Gasteiger partial charge in [0.1, 0.15) is 5.75 Å². The van der Waals surface area contributed by atoms with Crippen molar-refractivity contribution >= 4 is 11.6 Å². The van der Waals surface area contributed by atoms with Crippen molar-refractivity contribution in [2.45, 2.75) is 0 Å². The number of nitrogens with one attached hydrogen (secondary N) is 1. The first kappa shape index (κ1) is 13.3. The van der Waals surface area contributed by atoms with E-state index in [0.29, 0.717) is 10.7 Å². The number of para-hydroxylation sites is 1. The second-order valence-electron chi connectivity index (χ2n) is 4.34. The summed E-state index contributed by atoms with van der Waals surface area (Å²) in [5, 5.41) is 12.6. The Bertz CT molecular complexity index is 909. The Morgan fingerprint density at radius 1 is 1.05 bits per heavy atom. The first-order valence-corrected chi connectivity index (χ1v) is 6.44. The zero-order valence-corrected chi connectivity index (χ0v) is 11.4. The van der Waals surface area contributed by atoms with Gasteiger partial charge in [-0.1, -0.05) is 29.8 Å². The molecule has 0 radical (unpaired) electrons. The number of hydrogen-bond acceptors (Lipinski definition) is 3. The van der Waals surface area contributed by atoms with Crippen LogP contribution in [0, 0.1) is 0 Å². The van der Waals surface area contributed by atoms with Crippen LogP contribution in [-0.2, 0) is 0 Å². The maximum atomic E-state index is 12.4. The highest BCUT2D eigenvalue weighted by Gasteiger charge is 2.15. The van der Waals surface area contributed by atoms with E-state index in [1.165, 1.54) is 18.2 Å². The Balaban J connectivity index is 2.27. The van der Waals surface area contributed by atoms with E-state index in [0.717, 1.165) is 9.25 Å². The maximum Gasteiger partial charge on any atom is 0.356 e. The van der Waals surface area contributed by atoms with Crippen molar-refractivity contribution in [3.8, 4) is 17.1 Å². The van der Waals surface area contributed by atoms with Crippen LogP contribution in [0.2, 0.25) is 5.02 Å². The van der Waals surface area contributed by atoms with E-state index in [9.17, 15) is 14.7 Å². The molecule has 6 nitrogen and oxygen atoms in total. The molecule has 0 unspecified atom stereocenters. The van der Waals surface area contributed by atoms with E-state index in [1.807, 2.05) is 0 Å². The van der Waals surface area contributed by atoms with Crippen LogP contribution in [0.4, 0.5) is 0 Å². The van der Waals surface area contributed by atoms with E-state index in [2.05, 4.69) is 5.10 Å². The Kier molecular flexibility index (Phi) is 3.15. The molecule has 2 N–H and O–H groups in total. The zero-order chi connectivity index (χ0) is 15.0. The van der Waals surface area contributed by atoms with Crippen molar-refractivity contribution in [2.24, 2.45) is 0 Å². The summed E-state index contributed by atoms with van der Waals surface area (Å²) in [5.74, 6) is -0.210. The fourth-order valence-electron chi connectivity index (χ4n) is 2.02. The van der Waals surface area contributed by atoms with Gasteiger partial charge in [-0.25, -0.2) is 23.9 Å². The summed E-state index contributed by atoms with van der Waals surface area (Å²) in [6.45, 7) is 0. The third kappa shape index (κ3) is 2.25. The van der Waals surface area contributed by atoms with Gasteiger partial charge in [-0.2, -0.15) is 0 Å². The number of hydrogen-bond donors (Lipinski definition) is 2. The summed E-state index contributed by atoms with van der Waals surface area (Å²) < 4.78 is 1.93. The van der Waals surface area contributed by atoms with Gasteiger partial charge in [0, 0.05) is 5.02 Å². The van der Waals surface area contributed by atoms with Gasteiger partial charge in [-0.15, -0.1) is 0 Å². The van der Waals surface area contributed by atoms with E-state index in [-0.39, 0.29) is 11.4 Å². The zero-order valence-electron chi connectivity index (χ0n) is 10.7. The molecule has 0 atom stereocenters. The van der Waals surface area contributed by atoms with Gasteiger partial charge in [0.05, 0.1) is 11.4 Å². The molecule has 0 spiro atoms. The molecule has 3 aromatic rings. The third-order valence-electron chi connectivity index (χ3n) is 2.99. The van der Waals surface area contributed by atoms with E-state index < -0.39 is 11.4 Å². The molecule has 1 aromatic heterocycles. The van der Waals surface area contributed by atoms with Gasteiger partial charge in [0.25, 0.3) is 0 Å². The van der Waals surface area contributed by atoms with Crippen LogP contribution in [0.25, 0.3) is 11.4 Å². The first-order valence-electron chi connectivity index (χ1n) is 6.06. The number of phenols is 1. The summed E-state index contributed by atoms with van der Waals surface area (Å²) in [6.07, 6.45) is 0. The fourth-order valence-corrected chi connectivity index (χ4v) is 2.19. The molecule has 0 amide bonds. The minimum absolute atomic E-state index is 0.0310. The largest absolute Gasteiger partial charge is 0.506 e. The Morgan fingerprint density at radius 2 is 1.76 bits per heavy atom. The SMILES string of the molecule is O=c1[nH]n(-c2ccccc2)c(=O)n1-c1cc(Cl)ccc1O. The lowest BCUT2D eigenvalue weighted by Gasteiger charge is -2.03. The van der Waals surface area contributed by atoms with Crippen molar-refractivity contribution in [1.82, 2.24) is 14.3 Å². The minimum Gasteiger partial charge on any atom is -0.506 e. The number of aromatic hydroxyl groups is 1. The normalized spacial score (nSPS) is 10.7. The number of aromatic nitrogens is 3. The molecule has 1 heterocycles. The van der Waals surface area contributed by atoms with Crippen LogP contribution in [0.15, 0.2) is 58.1 Å². The Hall–Kier alpha value is -2.73. The lowest BCUT2D eigenvalue weighted by molar-refractivity contribution is 0.471. The average molecular weight is 304 g/mol. The van der Waals surface area contributed by atoms with Crippen LogP contribution in [0.3, 0.4) is 0 Å². The molecule has 0 saturated carbocycles. The number of rotatable bonds is 2. The van der Waals surface area contributed by atoms with Crippen molar-refractivity contribution in [3.63, 3.8) is 0 Å². The first-order chi connectivity index (χ1) is 10.1. The topological polar surface area (TPSA) is 80.0 Å². The smallest absolute Gasteiger partial charge is 0.356 e. The van der Waals surface area contributed by atoms with Gasteiger partial charge < -0.3 is 5.11 Å². The predicted molar refractivity (Wildman–Crippen MR) is 78.7 cm³/mol. The highest BCUT2D eigenvalue weighted by molar-refractivity contribution is 6.30. The van der Waals surface area contributed by atoms with Crippen LogP contribution >= 0.6 is 11.6 Å². The number of aromatic amines is 1. The van der Waals surface area contributed by atoms with Crippen LogP contribution in [0.5, 0.6) is 5.75 Å². The molecule has 0 fully saturated rings. The minimum atomic E-state index is -0.665. The van der Waals surface area contributed by atoms with Crippen LogP contribution < -0.4 is 11.4 Å². The van der Waals surface area contributed by atoms with E-state index in [1.54, 1.807) is 30.3 Å². The number of benzene rings is 2. The third-order valence-corrected chi connectivity index (χ3v) is 3.22. The molecule has 0 aliphatic carbocycles. The second-order valence-corrected chi connectivity index (χ2v) is 4.78. The molecule has 0 saturated heterocycles. The second kappa shape index (κ2) is 4.99. The number of phenolic OH excluding ortho intramolecular Hbond substituents is 1.